The Kier molecular flexibility index (Phi) is 26.9. The molecule has 3 N–H and O–H groups in total. The first kappa shape index (κ1) is 93.8. The number of aromatic nitrogens is 12. The van der Waals surface area contributed by atoms with E-state index in [1.54, 1.807) is 44.0 Å². The zero-order valence-corrected chi connectivity index (χ0v) is 79.0. The van der Waals surface area contributed by atoms with Crippen molar-refractivity contribution in [1.29, 1.82) is 15.8 Å². The lowest BCUT2D eigenvalue weighted by molar-refractivity contribution is -0.129. The molecule has 15 heterocycles. The lowest BCUT2D eigenvalue weighted by atomic mass is 9.98. The zero-order chi connectivity index (χ0) is 96.8. The van der Waals surface area contributed by atoms with E-state index in [-0.39, 0.29) is 128 Å². The van der Waals surface area contributed by atoms with E-state index in [2.05, 4.69) is 119 Å². The molecule has 0 saturated carbocycles. The number of aryl methyl sites for hydroxylation is 2. The molecule has 0 unspecified atom stereocenters. The maximum atomic E-state index is 14.7. The first-order chi connectivity index (χ1) is 66.7. The van der Waals surface area contributed by atoms with Gasteiger partial charge in [-0.15, -0.1) is 0 Å². The summed E-state index contributed by atoms with van der Waals surface area (Å²) >= 11 is 13.1. The molecule has 4 saturated heterocycles. The standard InChI is InChI=1S/C35H37N9O3.C34H34ClN9O3.C29H31ClFN9O4/c1-5-31(45)44-14-13-42(18-24(44)9-11-36)33-27-19-43(34(46)32-22(3)21(2)15-28-26(32)16-37-40-28)20-29(27)38-35(39-33)47-30-8-6-7-23-17-41(4)12-10-25(23)30;1-4-29(45)44-13-12-42(17-22(44)8-10-36)32-25-18-43(33(46)30-24-15-37-40-26(24)14-20(2)31(30)35)19-27(25)38-34(39-32)47-28-7-5-6-21-16-41(3)11-9-23(21)28;1-4-24(41)40-8-7-38(11-16(40)5-6-32)27-18-12-39(28(42)25-17-10-33-36-20(17)9-19(31)26(25)30)13-21(18)34-29(35-27)44-23-15-37(2)14-22(23)43-3/h5-8,15-16,24H,1,9-10,12-14,17-20H2,2-4H3,(H,37,40);4-7,14-15,22H,1,8-9,11-13,16-19H2,2-3H3,(H,37,40);4,9-10,16,22-23H,1,5,7-8,11-15H2,2-3H3,(H,33,36)/t24-;22-;16-,22+,23+/m000/s1. The normalized spacial score (nSPS) is 19.1. The van der Waals surface area contributed by atoms with Crippen LogP contribution in [0.1, 0.15) is 123 Å². The zero-order valence-electron chi connectivity index (χ0n) is 77.5. The average molecular weight is 1910 g/mol. The van der Waals surface area contributed by atoms with Gasteiger partial charge in [-0.25, -0.2) is 4.39 Å². The number of hydrogen-bond acceptors (Lipinski definition) is 28. The van der Waals surface area contributed by atoms with Crippen molar-refractivity contribution in [2.75, 3.05) is 128 Å². The van der Waals surface area contributed by atoms with E-state index < -0.39 is 17.8 Å². The smallest absolute Gasteiger partial charge is 0.324 e. The predicted octanol–water partition coefficient (Wildman–Crippen LogP) is 10.5. The van der Waals surface area contributed by atoms with Crippen molar-refractivity contribution in [3.63, 3.8) is 0 Å². The summed E-state index contributed by atoms with van der Waals surface area (Å²) < 4.78 is 39.5. The molecule has 5 atom stereocenters. The second-order valence-corrected chi connectivity index (χ2v) is 36.8. The van der Waals surface area contributed by atoms with Gasteiger partial charge in [-0.3, -0.25) is 49.0 Å². The number of carbonyl (C=O) groups excluding carboxylic acids is 6. The van der Waals surface area contributed by atoms with Gasteiger partial charge in [-0.1, -0.05) is 67.2 Å². The van der Waals surface area contributed by atoms with Gasteiger partial charge < -0.3 is 72.8 Å². The van der Waals surface area contributed by atoms with Crippen LogP contribution in [0.4, 0.5) is 21.8 Å². The highest BCUT2D eigenvalue weighted by atomic mass is 35.5. The minimum atomic E-state index is -0.732. The number of likely N-dealkylation sites (tertiary alicyclic amines) is 1. The topological polar surface area (TPSA) is 413 Å². The van der Waals surface area contributed by atoms with Crippen molar-refractivity contribution in [3.8, 4) is 47.7 Å². The van der Waals surface area contributed by atoms with Crippen LogP contribution in [-0.4, -0.2) is 284 Å². The van der Waals surface area contributed by atoms with E-state index in [9.17, 15) is 48.9 Å². The molecule has 40 heteroatoms. The van der Waals surface area contributed by atoms with Gasteiger partial charge in [0.2, 0.25) is 17.7 Å². The number of halogens is 3. The molecule has 0 spiro atoms. The summed E-state index contributed by atoms with van der Waals surface area (Å²) in [5.74, 6) is 1.08. The van der Waals surface area contributed by atoms with Crippen LogP contribution in [0.3, 0.4) is 0 Å². The van der Waals surface area contributed by atoms with Crippen LogP contribution >= 0.6 is 23.2 Å². The number of benzene rings is 5. The van der Waals surface area contributed by atoms with Crippen molar-refractivity contribution >= 4 is 109 Å². The molecule has 6 amide bonds. The van der Waals surface area contributed by atoms with Gasteiger partial charge in [-0.2, -0.15) is 61.0 Å². The molecule has 9 aliphatic rings. The summed E-state index contributed by atoms with van der Waals surface area (Å²) in [5.41, 5.74) is 14.7. The Labute approximate surface area is 804 Å². The van der Waals surface area contributed by atoms with Crippen molar-refractivity contribution in [2.45, 2.75) is 136 Å². The average Bonchev–Trinajstić information content (AvgIpc) is 1.64. The number of methoxy groups -OCH3 is 1. The Bertz CT molecular complexity index is 6600. The quantitative estimate of drug-likeness (QED) is 0.0633. The summed E-state index contributed by atoms with van der Waals surface area (Å²) in [5, 5.41) is 51.6. The van der Waals surface area contributed by atoms with E-state index in [1.807, 2.05) is 69.1 Å². The molecule has 710 valence electrons. The minimum absolute atomic E-state index is 0.0109. The number of fused-ring (bicyclic) bond motifs is 8. The number of nitrogens with zero attached hydrogens (tertiary/aromatic N) is 24. The fourth-order valence-electron chi connectivity index (χ4n) is 20.2. The van der Waals surface area contributed by atoms with Crippen LogP contribution in [0.15, 0.2) is 111 Å². The van der Waals surface area contributed by atoms with E-state index >= 15 is 0 Å². The van der Waals surface area contributed by atoms with Gasteiger partial charge in [-0.05, 0) is 125 Å². The van der Waals surface area contributed by atoms with Crippen LogP contribution in [0.5, 0.6) is 29.5 Å². The first-order valence-corrected chi connectivity index (χ1v) is 46.4. The molecule has 4 fully saturated rings. The SMILES string of the molecule is C=CC(=O)N1CCN(c2nc(O[C@@H]3CN(C)C[C@H]3OC)nc3c2CN(C(=O)c2c(Cl)c(F)cc4[nH]ncc24)C3)C[C@@H]1CC#N.C=CC(=O)N1CCN(c2nc(Oc3cccc4c3CCN(C)C4)nc3c2CN(C(=O)c2c(C)c(C)cc4[nH]ncc24)C3)C[C@@H]1CC#N.C=CC(=O)N1CCN(c2nc(Oc3cccc4c3CCN(C)C4)nc3c2CN(C(=O)c2c(Cl)c(C)cc4[nH]ncc24)C3)C[C@@H]1CC#N. The Morgan fingerprint density at radius 3 is 1.27 bits per heavy atom. The molecule has 138 heavy (non-hydrogen) atoms. The van der Waals surface area contributed by atoms with E-state index in [1.165, 1.54) is 46.5 Å². The van der Waals surface area contributed by atoms with Crippen LogP contribution in [0, 0.1) is 60.6 Å². The van der Waals surface area contributed by atoms with Crippen LogP contribution < -0.4 is 28.9 Å². The van der Waals surface area contributed by atoms with Crippen molar-refractivity contribution in [2.24, 2.45) is 0 Å². The second-order valence-electron chi connectivity index (χ2n) is 36.1. The Hall–Kier alpha value is -14.6. The molecular weight excluding hydrogens is 1810 g/mol. The van der Waals surface area contributed by atoms with Crippen molar-refractivity contribution in [3.05, 3.63) is 216 Å². The fraction of sp³-hybridized carbons (Fsp3) is 0.388. The van der Waals surface area contributed by atoms with E-state index in [0.717, 1.165) is 106 Å². The number of rotatable bonds is 19. The molecule has 20 rings (SSSR count). The molecule has 0 radical (unpaired) electrons. The number of H-pyrrole nitrogens is 3. The number of anilines is 3. The van der Waals surface area contributed by atoms with Gasteiger partial charge in [0.15, 0.2) is 0 Å². The molecule has 11 aromatic rings. The van der Waals surface area contributed by atoms with Gasteiger partial charge in [0.25, 0.3) is 17.7 Å². The summed E-state index contributed by atoms with van der Waals surface area (Å²) in [7, 11) is 7.81. The van der Waals surface area contributed by atoms with Crippen molar-refractivity contribution in [1.82, 2.24) is 105 Å². The molecular formula is C98H102Cl2FN27O10. The molecule has 5 aromatic carbocycles. The third kappa shape index (κ3) is 18.4. The number of nitrogens with one attached hydrogen (secondary N) is 3. The van der Waals surface area contributed by atoms with Gasteiger partial charge in [0.1, 0.15) is 47.0 Å². The number of amides is 6. The molecule has 0 aliphatic carbocycles. The van der Waals surface area contributed by atoms with Gasteiger partial charge >= 0.3 is 18.0 Å². The van der Waals surface area contributed by atoms with Crippen LogP contribution in [0.25, 0.3) is 32.7 Å². The van der Waals surface area contributed by atoms with Crippen LogP contribution in [-0.2, 0) is 84.3 Å². The highest BCUT2D eigenvalue weighted by molar-refractivity contribution is 6.37. The lowest BCUT2D eigenvalue weighted by Gasteiger charge is -2.41. The summed E-state index contributed by atoms with van der Waals surface area (Å²) in [6.45, 7) is 26.6. The van der Waals surface area contributed by atoms with E-state index in [0.29, 0.717) is 158 Å². The van der Waals surface area contributed by atoms with Crippen molar-refractivity contribution < 1.29 is 52.1 Å². The number of carbonyl (C=O) groups is 6. The summed E-state index contributed by atoms with van der Waals surface area (Å²) in [4.78, 5) is 132. The predicted molar refractivity (Wildman–Crippen MR) is 510 cm³/mol. The number of hydrogen-bond donors (Lipinski definition) is 3. The maximum absolute atomic E-state index is 14.7. The number of nitriles is 3. The molecule has 6 aromatic heterocycles. The summed E-state index contributed by atoms with van der Waals surface area (Å²) in [6.07, 6.45) is 10.2. The molecule has 37 nitrogen and oxygen atoms in total. The monoisotopic (exact) mass is 1910 g/mol. The largest absolute Gasteiger partial charge is 0.456 e. The number of likely N-dealkylation sites (N-methyl/N-ethyl adjacent to an activating group) is 3. The first-order valence-electron chi connectivity index (χ1n) is 45.6. The Balaban J connectivity index is 0.000000138. The highest BCUT2D eigenvalue weighted by Gasteiger charge is 2.44. The summed E-state index contributed by atoms with van der Waals surface area (Å²) in [6, 6.07) is 23.3. The third-order valence-corrected chi connectivity index (χ3v) is 28.2. The minimum Gasteiger partial charge on any atom is -0.456 e. The molecule has 0 bridgehead atoms. The van der Waals surface area contributed by atoms with Crippen LogP contribution in [0.2, 0.25) is 10.0 Å². The number of aromatic amines is 3. The number of ether oxygens (including phenoxy) is 4. The number of piperazine rings is 3. The second kappa shape index (κ2) is 39.6. The van der Waals surface area contributed by atoms with Gasteiger partial charge in [0.05, 0.1) is 174 Å². The lowest BCUT2D eigenvalue weighted by Crippen LogP contribution is -2.55. The maximum Gasteiger partial charge on any atom is 0.324 e. The van der Waals surface area contributed by atoms with E-state index in [4.69, 9.17) is 72.1 Å². The fourth-order valence-corrected chi connectivity index (χ4v) is 20.6. The highest BCUT2D eigenvalue weighted by Crippen LogP contribution is 2.44. The Morgan fingerprint density at radius 1 is 0.464 bits per heavy atom. The van der Waals surface area contributed by atoms with Gasteiger partial charge in [0, 0.05) is 155 Å². The third-order valence-electron chi connectivity index (χ3n) is 27.4. The molecule has 9 aliphatic heterocycles. The Morgan fingerprint density at radius 2 is 0.848 bits per heavy atom.